The first kappa shape index (κ1) is 11.5. The summed E-state index contributed by atoms with van der Waals surface area (Å²) in [7, 11) is 0. The molecule has 0 aliphatic rings. The Balaban J connectivity index is 3.18. The van der Waals surface area contributed by atoms with Crippen molar-refractivity contribution in [2.24, 2.45) is 0 Å². The number of rotatable bonds is 3. The summed E-state index contributed by atoms with van der Waals surface area (Å²) < 4.78 is 4.71. The lowest BCUT2D eigenvalue weighted by atomic mass is 10.1. The van der Waals surface area contributed by atoms with Crippen molar-refractivity contribution in [1.29, 1.82) is 0 Å². The second-order valence-electron chi connectivity index (χ2n) is 2.72. The van der Waals surface area contributed by atoms with Crippen molar-refractivity contribution in [3.63, 3.8) is 0 Å². The molecule has 4 nitrogen and oxygen atoms in total. The van der Waals surface area contributed by atoms with Crippen LogP contribution >= 0.6 is 11.6 Å². The topological polar surface area (TPSA) is 63.6 Å². The van der Waals surface area contributed by atoms with Gasteiger partial charge in [0.25, 0.3) is 0 Å². The van der Waals surface area contributed by atoms with Crippen molar-refractivity contribution in [3.05, 3.63) is 34.3 Å². The first-order chi connectivity index (χ1) is 7.06. The summed E-state index contributed by atoms with van der Waals surface area (Å²) in [5.74, 6) is -1.87. The Bertz CT molecular complexity index is 400. The Labute approximate surface area is 91.4 Å². The lowest BCUT2D eigenvalue weighted by Gasteiger charge is -2.05. The van der Waals surface area contributed by atoms with Gasteiger partial charge in [0.15, 0.2) is 0 Å². The molecule has 0 atom stereocenters. The maximum absolute atomic E-state index is 11.4. The Hall–Kier alpha value is -1.55. The molecule has 80 valence electrons. The molecule has 15 heavy (non-hydrogen) atoms. The molecule has 0 heterocycles. The standard InChI is InChI=1S/C10H9ClO4/c1-2-15-10(14)8-5-6(11)3-4-7(8)9(12)13/h3-5H,2H2,1H3,(H,12,13). The second kappa shape index (κ2) is 4.79. The third-order valence-corrected chi connectivity index (χ3v) is 1.94. The van der Waals surface area contributed by atoms with Gasteiger partial charge < -0.3 is 9.84 Å². The summed E-state index contributed by atoms with van der Waals surface area (Å²) in [5, 5.41) is 9.12. The average molecular weight is 229 g/mol. The maximum Gasteiger partial charge on any atom is 0.339 e. The summed E-state index contributed by atoms with van der Waals surface area (Å²) in [6, 6.07) is 3.97. The lowest BCUT2D eigenvalue weighted by Crippen LogP contribution is -2.11. The van der Waals surface area contributed by atoms with Gasteiger partial charge in [0.2, 0.25) is 0 Å². The highest BCUT2D eigenvalue weighted by Crippen LogP contribution is 2.17. The molecule has 1 aromatic carbocycles. The van der Waals surface area contributed by atoms with E-state index in [-0.39, 0.29) is 17.7 Å². The fourth-order valence-corrected chi connectivity index (χ4v) is 1.25. The van der Waals surface area contributed by atoms with Gasteiger partial charge in [-0.1, -0.05) is 11.6 Å². The van der Waals surface area contributed by atoms with Crippen LogP contribution in [0.3, 0.4) is 0 Å². The third kappa shape index (κ3) is 2.70. The van der Waals surface area contributed by atoms with Gasteiger partial charge in [0, 0.05) is 5.02 Å². The molecule has 1 rings (SSSR count). The van der Waals surface area contributed by atoms with Gasteiger partial charge in [0.05, 0.1) is 17.7 Å². The molecule has 0 aliphatic heterocycles. The normalized spacial score (nSPS) is 9.73. The Morgan fingerprint density at radius 1 is 1.40 bits per heavy atom. The van der Waals surface area contributed by atoms with Crippen molar-refractivity contribution in [2.75, 3.05) is 6.61 Å². The van der Waals surface area contributed by atoms with Crippen LogP contribution in [0.25, 0.3) is 0 Å². The minimum atomic E-state index is -1.19. The molecular formula is C10H9ClO4. The smallest absolute Gasteiger partial charge is 0.339 e. The number of carbonyl (C=O) groups is 2. The number of halogens is 1. The number of ether oxygens (including phenoxy) is 1. The van der Waals surface area contributed by atoms with Crippen LogP contribution < -0.4 is 0 Å². The molecule has 0 amide bonds. The fourth-order valence-electron chi connectivity index (χ4n) is 1.08. The zero-order chi connectivity index (χ0) is 11.4. The van der Waals surface area contributed by atoms with Gasteiger partial charge in [-0.25, -0.2) is 9.59 Å². The summed E-state index contributed by atoms with van der Waals surface area (Å²) in [5.41, 5.74) is -0.144. The Morgan fingerprint density at radius 3 is 2.60 bits per heavy atom. The third-order valence-electron chi connectivity index (χ3n) is 1.71. The second-order valence-corrected chi connectivity index (χ2v) is 3.15. The number of carboxylic acids is 1. The van der Waals surface area contributed by atoms with Gasteiger partial charge in [-0.05, 0) is 25.1 Å². The van der Waals surface area contributed by atoms with Crippen LogP contribution in [0.5, 0.6) is 0 Å². The van der Waals surface area contributed by atoms with E-state index < -0.39 is 11.9 Å². The van der Waals surface area contributed by atoms with Crippen LogP contribution in [0.2, 0.25) is 5.02 Å². The van der Waals surface area contributed by atoms with Crippen LogP contribution in [-0.2, 0) is 4.74 Å². The van der Waals surface area contributed by atoms with E-state index in [2.05, 4.69) is 0 Å². The zero-order valence-corrected chi connectivity index (χ0v) is 8.75. The Kier molecular flexibility index (Phi) is 3.68. The highest BCUT2D eigenvalue weighted by atomic mass is 35.5. The van der Waals surface area contributed by atoms with E-state index in [9.17, 15) is 9.59 Å². The van der Waals surface area contributed by atoms with Crippen LogP contribution in [-0.4, -0.2) is 23.7 Å². The quantitative estimate of drug-likeness (QED) is 0.806. The molecule has 5 heteroatoms. The van der Waals surface area contributed by atoms with Gasteiger partial charge in [-0.3, -0.25) is 0 Å². The van der Waals surface area contributed by atoms with E-state index in [1.807, 2.05) is 0 Å². The number of esters is 1. The number of aromatic carboxylic acids is 1. The first-order valence-corrected chi connectivity index (χ1v) is 4.64. The van der Waals surface area contributed by atoms with Crippen molar-refractivity contribution < 1.29 is 19.4 Å². The SMILES string of the molecule is CCOC(=O)c1cc(Cl)ccc1C(=O)O. The van der Waals surface area contributed by atoms with Gasteiger partial charge in [-0.2, -0.15) is 0 Å². The highest BCUT2D eigenvalue weighted by Gasteiger charge is 2.17. The van der Waals surface area contributed by atoms with Crippen LogP contribution in [0.1, 0.15) is 27.6 Å². The molecule has 1 aromatic rings. The number of carboxylic acid groups (broad SMARTS) is 1. The molecule has 0 aromatic heterocycles. The van der Waals surface area contributed by atoms with Crippen molar-refractivity contribution in [2.45, 2.75) is 6.92 Å². The average Bonchev–Trinajstić information content (AvgIpc) is 2.17. The number of benzene rings is 1. The highest BCUT2D eigenvalue weighted by molar-refractivity contribution is 6.31. The zero-order valence-electron chi connectivity index (χ0n) is 7.99. The Morgan fingerprint density at radius 2 is 2.07 bits per heavy atom. The molecule has 0 saturated carbocycles. The fraction of sp³-hybridized carbons (Fsp3) is 0.200. The van der Waals surface area contributed by atoms with Gasteiger partial charge >= 0.3 is 11.9 Å². The molecule has 0 fully saturated rings. The predicted octanol–water partition coefficient (Wildman–Crippen LogP) is 2.21. The summed E-state index contributed by atoms with van der Waals surface area (Å²) in [6.07, 6.45) is 0. The molecule has 0 radical (unpaired) electrons. The van der Waals surface area contributed by atoms with E-state index in [4.69, 9.17) is 21.4 Å². The van der Waals surface area contributed by atoms with Crippen molar-refractivity contribution in [1.82, 2.24) is 0 Å². The predicted molar refractivity (Wildman–Crippen MR) is 54.4 cm³/mol. The van der Waals surface area contributed by atoms with E-state index in [0.29, 0.717) is 5.02 Å². The summed E-state index contributed by atoms with van der Waals surface area (Å²) in [6.45, 7) is 1.83. The maximum atomic E-state index is 11.4. The van der Waals surface area contributed by atoms with Gasteiger partial charge in [0.1, 0.15) is 0 Å². The van der Waals surface area contributed by atoms with Gasteiger partial charge in [-0.15, -0.1) is 0 Å². The minimum absolute atomic E-state index is 0.0307. The number of hydrogen-bond acceptors (Lipinski definition) is 3. The molecule has 0 unspecified atom stereocenters. The van der Waals surface area contributed by atoms with E-state index in [1.165, 1.54) is 18.2 Å². The number of carbonyl (C=O) groups excluding carboxylic acids is 1. The molecule has 1 N–H and O–H groups in total. The van der Waals surface area contributed by atoms with Crippen LogP contribution in [0.4, 0.5) is 0 Å². The molecule has 0 bridgehead atoms. The monoisotopic (exact) mass is 228 g/mol. The number of hydrogen-bond donors (Lipinski definition) is 1. The minimum Gasteiger partial charge on any atom is -0.478 e. The van der Waals surface area contributed by atoms with Crippen molar-refractivity contribution in [3.8, 4) is 0 Å². The first-order valence-electron chi connectivity index (χ1n) is 4.26. The van der Waals surface area contributed by atoms with E-state index in [0.717, 1.165) is 0 Å². The van der Waals surface area contributed by atoms with E-state index >= 15 is 0 Å². The molecular weight excluding hydrogens is 220 g/mol. The molecule has 0 aliphatic carbocycles. The molecule has 0 saturated heterocycles. The largest absolute Gasteiger partial charge is 0.478 e. The van der Waals surface area contributed by atoms with Crippen LogP contribution in [0.15, 0.2) is 18.2 Å². The lowest BCUT2D eigenvalue weighted by molar-refractivity contribution is 0.0514. The summed E-state index contributed by atoms with van der Waals surface area (Å²) in [4.78, 5) is 22.2. The van der Waals surface area contributed by atoms with Crippen LogP contribution in [0, 0.1) is 0 Å². The molecule has 0 spiro atoms. The summed E-state index contributed by atoms with van der Waals surface area (Å²) >= 11 is 5.67. The van der Waals surface area contributed by atoms with E-state index in [1.54, 1.807) is 6.92 Å². The van der Waals surface area contributed by atoms with Crippen molar-refractivity contribution >= 4 is 23.5 Å².